The maximum atomic E-state index is 12.8. The van der Waals surface area contributed by atoms with Crippen molar-refractivity contribution in [2.45, 2.75) is 277 Å². The molecule has 0 aromatic carbocycles. The van der Waals surface area contributed by atoms with Gasteiger partial charge in [0.15, 0.2) is 6.10 Å². The summed E-state index contributed by atoms with van der Waals surface area (Å²) in [5.74, 6) is -1.000. The van der Waals surface area contributed by atoms with Gasteiger partial charge in [-0.1, -0.05) is 259 Å². The van der Waals surface area contributed by atoms with Gasteiger partial charge in [-0.25, -0.2) is 0 Å². The maximum absolute atomic E-state index is 12.8. The van der Waals surface area contributed by atoms with Gasteiger partial charge in [-0.05, 0) is 103 Å². The van der Waals surface area contributed by atoms with Crippen LogP contribution in [0.4, 0.5) is 0 Å². The van der Waals surface area contributed by atoms with Gasteiger partial charge >= 0.3 is 17.9 Å². The van der Waals surface area contributed by atoms with Crippen LogP contribution in [0.1, 0.15) is 271 Å². The molecule has 6 heteroatoms. The number of ether oxygens (including phenoxy) is 3. The molecule has 0 aliphatic carbocycles. The summed E-state index contributed by atoms with van der Waals surface area (Å²) in [7, 11) is 0. The van der Waals surface area contributed by atoms with Gasteiger partial charge < -0.3 is 14.2 Å². The molecule has 0 radical (unpaired) electrons. The minimum absolute atomic E-state index is 0.108. The number of hydrogen-bond donors (Lipinski definition) is 0. The van der Waals surface area contributed by atoms with Gasteiger partial charge in [0, 0.05) is 19.3 Å². The second-order valence-corrected chi connectivity index (χ2v) is 19.5. The lowest BCUT2D eigenvalue weighted by Crippen LogP contribution is -2.30. The Hall–Kier alpha value is -3.93. The summed E-state index contributed by atoms with van der Waals surface area (Å²) in [5, 5.41) is 0. The topological polar surface area (TPSA) is 78.9 Å². The van der Waals surface area contributed by atoms with Crippen LogP contribution in [-0.2, 0) is 28.6 Å². The standard InChI is InChI=1S/C66H110O6/c1-4-7-10-13-16-19-22-24-25-26-27-28-29-30-31-32-33-34-35-36-37-38-39-40-41-43-44-47-50-53-56-59-65(68)71-62-63(61-70-64(67)58-55-52-49-46-21-18-15-12-9-6-3)72-66(69)60-57-54-51-48-45-42-23-20-17-14-11-8-5-2/h7-8,10-12,15-17,19-20,24-25,27-28,42,45,51,54,63H,4-6,9,13-14,18,21-23,26,29-41,43-44,46-50,52-53,55-62H2,1-3H3/b10-7-,11-8-,15-12-,19-16-,20-17-,25-24-,28-27-,45-42-,54-51-. The van der Waals surface area contributed by atoms with Crippen LogP contribution < -0.4 is 0 Å². The Kier molecular flexibility index (Phi) is 56.4. The Balaban J connectivity index is 4.14. The molecule has 0 aliphatic heterocycles. The van der Waals surface area contributed by atoms with Crippen molar-refractivity contribution < 1.29 is 28.6 Å². The van der Waals surface area contributed by atoms with Crippen LogP contribution in [0.3, 0.4) is 0 Å². The normalized spacial score (nSPS) is 12.9. The zero-order chi connectivity index (χ0) is 52.2. The minimum Gasteiger partial charge on any atom is -0.462 e. The first-order valence-electron chi connectivity index (χ1n) is 29.9. The average molecular weight is 1000 g/mol. The van der Waals surface area contributed by atoms with Crippen molar-refractivity contribution in [3.05, 3.63) is 109 Å². The number of esters is 3. The van der Waals surface area contributed by atoms with Crippen LogP contribution in [0.15, 0.2) is 109 Å². The van der Waals surface area contributed by atoms with E-state index in [1.54, 1.807) is 0 Å². The summed E-state index contributed by atoms with van der Waals surface area (Å²) >= 11 is 0. The number of unbranched alkanes of at least 4 members (excludes halogenated alkanes) is 24. The molecule has 0 amide bonds. The zero-order valence-electron chi connectivity index (χ0n) is 46.9. The number of rotatable bonds is 53. The van der Waals surface area contributed by atoms with Gasteiger partial charge in [0.2, 0.25) is 0 Å². The van der Waals surface area contributed by atoms with Crippen molar-refractivity contribution in [1.29, 1.82) is 0 Å². The second-order valence-electron chi connectivity index (χ2n) is 19.5. The zero-order valence-corrected chi connectivity index (χ0v) is 46.9. The summed E-state index contributed by atoms with van der Waals surface area (Å²) in [6, 6.07) is 0. The quantitative estimate of drug-likeness (QED) is 0.0261. The monoisotopic (exact) mass is 999 g/mol. The third-order valence-corrected chi connectivity index (χ3v) is 12.5. The van der Waals surface area contributed by atoms with E-state index in [4.69, 9.17) is 14.2 Å². The predicted octanol–water partition coefficient (Wildman–Crippen LogP) is 20.3. The molecule has 6 nitrogen and oxygen atoms in total. The molecule has 0 aliphatic rings. The fourth-order valence-corrected chi connectivity index (χ4v) is 8.10. The third kappa shape index (κ3) is 57.0. The highest BCUT2D eigenvalue weighted by Crippen LogP contribution is 2.16. The van der Waals surface area contributed by atoms with Crippen molar-refractivity contribution in [3.8, 4) is 0 Å². The van der Waals surface area contributed by atoms with Gasteiger partial charge in [-0.2, -0.15) is 0 Å². The molecule has 410 valence electrons. The van der Waals surface area contributed by atoms with E-state index in [2.05, 4.69) is 118 Å². The highest BCUT2D eigenvalue weighted by Gasteiger charge is 2.19. The van der Waals surface area contributed by atoms with Gasteiger partial charge in [-0.15, -0.1) is 0 Å². The van der Waals surface area contributed by atoms with E-state index in [0.717, 1.165) is 109 Å². The van der Waals surface area contributed by atoms with Crippen molar-refractivity contribution >= 4 is 17.9 Å². The van der Waals surface area contributed by atoms with E-state index in [-0.39, 0.29) is 31.6 Å². The molecule has 0 spiro atoms. The Morgan fingerprint density at radius 3 is 0.917 bits per heavy atom. The van der Waals surface area contributed by atoms with E-state index < -0.39 is 12.1 Å². The molecule has 0 aromatic heterocycles. The minimum atomic E-state index is -0.818. The molecule has 1 unspecified atom stereocenters. The number of allylic oxidation sites excluding steroid dienone is 18. The van der Waals surface area contributed by atoms with Crippen LogP contribution in [0.25, 0.3) is 0 Å². The van der Waals surface area contributed by atoms with Gasteiger partial charge in [-0.3, -0.25) is 14.4 Å². The van der Waals surface area contributed by atoms with Crippen LogP contribution in [0.5, 0.6) is 0 Å². The number of carbonyl (C=O) groups is 3. The molecular formula is C66H110O6. The molecular weight excluding hydrogens is 889 g/mol. The predicted molar refractivity (Wildman–Crippen MR) is 311 cm³/mol. The van der Waals surface area contributed by atoms with E-state index in [9.17, 15) is 14.4 Å². The van der Waals surface area contributed by atoms with Crippen molar-refractivity contribution in [2.75, 3.05) is 13.2 Å². The highest BCUT2D eigenvalue weighted by atomic mass is 16.6. The Morgan fingerprint density at radius 1 is 0.292 bits per heavy atom. The molecule has 1 atom stereocenters. The van der Waals surface area contributed by atoms with Crippen LogP contribution >= 0.6 is 0 Å². The summed E-state index contributed by atoms with van der Waals surface area (Å²) in [6.07, 6.45) is 81.3. The van der Waals surface area contributed by atoms with Crippen LogP contribution in [-0.4, -0.2) is 37.2 Å². The van der Waals surface area contributed by atoms with Crippen LogP contribution in [0, 0.1) is 0 Å². The fraction of sp³-hybridized carbons (Fsp3) is 0.682. The highest BCUT2D eigenvalue weighted by molar-refractivity contribution is 5.71. The largest absolute Gasteiger partial charge is 0.462 e. The first kappa shape index (κ1) is 68.1. The summed E-state index contributed by atoms with van der Waals surface area (Å²) in [6.45, 7) is 6.28. The van der Waals surface area contributed by atoms with Crippen molar-refractivity contribution in [1.82, 2.24) is 0 Å². The third-order valence-electron chi connectivity index (χ3n) is 12.5. The lowest BCUT2D eigenvalue weighted by atomic mass is 10.0. The molecule has 0 aromatic rings. The Labute approximate surface area is 444 Å². The molecule has 72 heavy (non-hydrogen) atoms. The van der Waals surface area contributed by atoms with Gasteiger partial charge in [0.1, 0.15) is 13.2 Å². The van der Waals surface area contributed by atoms with Crippen molar-refractivity contribution in [3.63, 3.8) is 0 Å². The molecule has 0 rings (SSSR count). The average Bonchev–Trinajstić information content (AvgIpc) is 3.38. The lowest BCUT2D eigenvalue weighted by molar-refractivity contribution is -0.166. The number of carbonyl (C=O) groups excluding carboxylic acids is 3. The molecule has 0 fully saturated rings. The van der Waals surface area contributed by atoms with E-state index in [1.165, 1.54) is 116 Å². The van der Waals surface area contributed by atoms with E-state index in [0.29, 0.717) is 19.3 Å². The summed E-state index contributed by atoms with van der Waals surface area (Å²) in [5.41, 5.74) is 0. The molecule has 0 N–H and O–H groups in total. The van der Waals surface area contributed by atoms with Crippen molar-refractivity contribution in [2.24, 2.45) is 0 Å². The van der Waals surface area contributed by atoms with Gasteiger partial charge in [0.25, 0.3) is 0 Å². The van der Waals surface area contributed by atoms with Crippen LogP contribution in [0.2, 0.25) is 0 Å². The van der Waals surface area contributed by atoms with Gasteiger partial charge in [0.05, 0.1) is 0 Å². The molecule has 0 heterocycles. The Bertz CT molecular complexity index is 1470. The smallest absolute Gasteiger partial charge is 0.306 e. The molecule has 0 saturated carbocycles. The summed E-state index contributed by atoms with van der Waals surface area (Å²) < 4.78 is 16.7. The molecule has 0 bridgehead atoms. The summed E-state index contributed by atoms with van der Waals surface area (Å²) in [4.78, 5) is 38.0. The Morgan fingerprint density at radius 2 is 0.569 bits per heavy atom. The van der Waals surface area contributed by atoms with E-state index in [1.807, 2.05) is 12.2 Å². The lowest BCUT2D eigenvalue weighted by Gasteiger charge is -2.18. The first-order valence-corrected chi connectivity index (χ1v) is 29.9. The fourth-order valence-electron chi connectivity index (χ4n) is 8.10. The van der Waals surface area contributed by atoms with E-state index >= 15 is 0 Å². The maximum Gasteiger partial charge on any atom is 0.306 e. The molecule has 0 saturated heterocycles. The number of hydrogen-bond acceptors (Lipinski definition) is 6. The first-order chi connectivity index (χ1) is 35.5. The second kappa shape index (κ2) is 59.6. The SMILES string of the molecule is CC/C=C\C/C=C\C/C=C\C/C=C\CCCCCCCCCCCCCCCCCCCCC(=O)OCC(COC(=O)CCCCCCC/C=C\CCC)OC(=O)CC/C=C\C/C=C\C/C=C\C/C=C\CC.